The molecule has 1 aromatic carbocycles. The molecule has 0 aliphatic rings. The van der Waals surface area contributed by atoms with Crippen LogP contribution in [-0.2, 0) is 10.0 Å². The van der Waals surface area contributed by atoms with Crippen LogP contribution in [0.4, 0.5) is 11.4 Å². The molecule has 0 radical (unpaired) electrons. The van der Waals surface area contributed by atoms with E-state index in [-0.39, 0.29) is 10.6 Å². The molecule has 0 aromatic heterocycles. The van der Waals surface area contributed by atoms with E-state index >= 15 is 0 Å². The molecule has 0 saturated carbocycles. The predicted molar refractivity (Wildman–Crippen MR) is 71.4 cm³/mol. The van der Waals surface area contributed by atoms with Crippen LogP contribution in [0.3, 0.4) is 0 Å². The molecule has 9 heteroatoms. The van der Waals surface area contributed by atoms with Gasteiger partial charge < -0.3 is 10.6 Å². The van der Waals surface area contributed by atoms with Crippen molar-refractivity contribution in [2.45, 2.75) is 11.8 Å². The normalized spacial score (nSPS) is 11.3. The second kappa shape index (κ2) is 5.95. The standard InChI is InChI=1S/C10H16N4O4S/c1-2-13(6-5-11)9-4-3-8(19(12,17)18)7-10(9)14(15)16/h3-4,7H,2,5-6,11H2,1H3,(H2,12,17,18). The van der Waals surface area contributed by atoms with Gasteiger partial charge in [0.2, 0.25) is 10.0 Å². The fraction of sp³-hybridized carbons (Fsp3) is 0.400. The van der Waals surface area contributed by atoms with Crippen LogP contribution in [-0.4, -0.2) is 33.0 Å². The van der Waals surface area contributed by atoms with Gasteiger partial charge in [-0.05, 0) is 19.1 Å². The number of nitrogens with two attached hydrogens (primary N) is 2. The molecule has 1 aromatic rings. The highest BCUT2D eigenvalue weighted by Crippen LogP contribution is 2.30. The van der Waals surface area contributed by atoms with Crippen LogP contribution < -0.4 is 15.8 Å². The van der Waals surface area contributed by atoms with Gasteiger partial charge in [0.25, 0.3) is 5.69 Å². The van der Waals surface area contributed by atoms with Crippen molar-refractivity contribution in [3.63, 3.8) is 0 Å². The zero-order valence-corrected chi connectivity index (χ0v) is 11.3. The molecule has 0 amide bonds. The summed E-state index contributed by atoms with van der Waals surface area (Å²) in [6, 6.07) is 3.58. The van der Waals surface area contributed by atoms with Gasteiger partial charge in [0, 0.05) is 25.7 Å². The fourth-order valence-electron chi connectivity index (χ4n) is 1.70. The van der Waals surface area contributed by atoms with Gasteiger partial charge in [0.1, 0.15) is 5.69 Å². The number of benzene rings is 1. The van der Waals surface area contributed by atoms with Crippen LogP contribution in [0.5, 0.6) is 0 Å². The first-order valence-electron chi connectivity index (χ1n) is 5.57. The molecule has 4 N–H and O–H groups in total. The average molecular weight is 288 g/mol. The van der Waals surface area contributed by atoms with Crippen molar-refractivity contribution < 1.29 is 13.3 Å². The molecular formula is C10H16N4O4S. The molecule has 0 bridgehead atoms. The number of primary sulfonamides is 1. The summed E-state index contributed by atoms with van der Waals surface area (Å²) in [6.45, 7) is 3.12. The number of sulfonamides is 1. The van der Waals surface area contributed by atoms with Gasteiger partial charge >= 0.3 is 0 Å². The molecule has 0 saturated heterocycles. The van der Waals surface area contributed by atoms with E-state index in [1.807, 2.05) is 6.92 Å². The second-order valence-corrected chi connectivity index (χ2v) is 5.38. The van der Waals surface area contributed by atoms with Crippen LogP contribution >= 0.6 is 0 Å². The Kier molecular flexibility index (Phi) is 4.81. The smallest absolute Gasteiger partial charge is 0.293 e. The number of nitro groups is 1. The quantitative estimate of drug-likeness (QED) is 0.560. The Morgan fingerprint density at radius 3 is 2.47 bits per heavy atom. The van der Waals surface area contributed by atoms with Crippen LogP contribution in [0.2, 0.25) is 0 Å². The molecule has 8 nitrogen and oxygen atoms in total. The monoisotopic (exact) mass is 288 g/mol. The lowest BCUT2D eigenvalue weighted by molar-refractivity contribution is -0.384. The minimum Gasteiger partial charge on any atom is -0.365 e. The first kappa shape index (κ1) is 15.3. The number of hydrogen-bond donors (Lipinski definition) is 2. The molecule has 0 spiro atoms. The molecule has 0 aliphatic heterocycles. The van der Waals surface area contributed by atoms with Crippen LogP contribution in [0.1, 0.15) is 6.92 Å². The topological polar surface area (TPSA) is 133 Å². The summed E-state index contributed by atoms with van der Waals surface area (Å²) >= 11 is 0. The maximum Gasteiger partial charge on any atom is 0.293 e. The molecule has 1 rings (SSSR count). The van der Waals surface area contributed by atoms with Gasteiger partial charge in [-0.2, -0.15) is 0 Å². The lowest BCUT2D eigenvalue weighted by atomic mass is 10.2. The van der Waals surface area contributed by atoms with Crippen molar-refractivity contribution >= 4 is 21.4 Å². The minimum atomic E-state index is -3.97. The molecule has 0 heterocycles. The van der Waals surface area contributed by atoms with E-state index in [0.29, 0.717) is 25.3 Å². The fourth-order valence-corrected chi connectivity index (χ4v) is 2.23. The van der Waals surface area contributed by atoms with Crippen molar-refractivity contribution in [1.82, 2.24) is 0 Å². The number of nitro benzene ring substituents is 1. The van der Waals surface area contributed by atoms with E-state index in [2.05, 4.69) is 0 Å². The Bertz CT molecular complexity index is 573. The first-order chi connectivity index (χ1) is 8.81. The zero-order valence-electron chi connectivity index (χ0n) is 10.4. The van der Waals surface area contributed by atoms with Crippen molar-refractivity contribution in [3.05, 3.63) is 28.3 Å². The molecule has 0 fully saturated rings. The third-order valence-electron chi connectivity index (χ3n) is 2.59. The number of likely N-dealkylation sites (N-methyl/N-ethyl adjacent to an activating group) is 1. The number of anilines is 1. The maximum absolute atomic E-state index is 11.2. The second-order valence-electron chi connectivity index (χ2n) is 3.82. The van der Waals surface area contributed by atoms with Crippen LogP contribution in [0.15, 0.2) is 23.1 Å². The van der Waals surface area contributed by atoms with Gasteiger partial charge in [0.05, 0.1) is 9.82 Å². The molecule has 0 unspecified atom stereocenters. The summed E-state index contributed by atoms with van der Waals surface area (Å²) in [5, 5.41) is 16.0. The largest absolute Gasteiger partial charge is 0.365 e. The Hall–Kier alpha value is -1.71. The van der Waals surface area contributed by atoms with Crippen molar-refractivity contribution in [3.8, 4) is 0 Å². The summed E-state index contributed by atoms with van der Waals surface area (Å²) in [6.07, 6.45) is 0. The lowest BCUT2D eigenvalue weighted by Crippen LogP contribution is -2.29. The SMILES string of the molecule is CCN(CCN)c1ccc(S(N)(=O)=O)cc1[N+](=O)[O-]. The van der Waals surface area contributed by atoms with E-state index in [1.165, 1.54) is 12.1 Å². The highest BCUT2D eigenvalue weighted by Gasteiger charge is 2.21. The van der Waals surface area contributed by atoms with E-state index < -0.39 is 14.9 Å². The number of rotatable bonds is 6. The predicted octanol–water partition coefficient (Wildman–Crippen LogP) is 0.0272. The molecule has 19 heavy (non-hydrogen) atoms. The van der Waals surface area contributed by atoms with Gasteiger partial charge in [-0.1, -0.05) is 0 Å². The van der Waals surface area contributed by atoms with Gasteiger partial charge in [-0.3, -0.25) is 10.1 Å². The molecule has 106 valence electrons. The minimum absolute atomic E-state index is 0.285. The Morgan fingerprint density at radius 1 is 1.42 bits per heavy atom. The summed E-state index contributed by atoms with van der Waals surface area (Å²) in [4.78, 5) is 11.8. The maximum atomic E-state index is 11.2. The van der Waals surface area contributed by atoms with Crippen molar-refractivity contribution in [1.29, 1.82) is 0 Å². The van der Waals surface area contributed by atoms with Crippen molar-refractivity contribution in [2.24, 2.45) is 10.9 Å². The molecule has 0 aliphatic carbocycles. The first-order valence-corrected chi connectivity index (χ1v) is 7.12. The van der Waals surface area contributed by atoms with Gasteiger partial charge in [-0.15, -0.1) is 0 Å². The Morgan fingerprint density at radius 2 is 2.05 bits per heavy atom. The van der Waals surface area contributed by atoms with Gasteiger partial charge in [-0.25, -0.2) is 13.6 Å². The third kappa shape index (κ3) is 3.63. The Labute approximate surface area is 111 Å². The highest BCUT2D eigenvalue weighted by atomic mass is 32.2. The average Bonchev–Trinajstić information content (AvgIpc) is 2.34. The van der Waals surface area contributed by atoms with Crippen LogP contribution in [0.25, 0.3) is 0 Å². The van der Waals surface area contributed by atoms with E-state index in [1.54, 1.807) is 4.90 Å². The Balaban J connectivity index is 3.37. The van der Waals surface area contributed by atoms with Crippen LogP contribution in [0, 0.1) is 10.1 Å². The summed E-state index contributed by atoms with van der Waals surface area (Å²) in [7, 11) is -3.97. The summed E-state index contributed by atoms with van der Waals surface area (Å²) in [5.41, 5.74) is 5.46. The van der Waals surface area contributed by atoms with E-state index in [0.717, 1.165) is 6.07 Å². The number of nitrogens with zero attached hydrogens (tertiary/aromatic N) is 2. The van der Waals surface area contributed by atoms with Crippen molar-refractivity contribution in [2.75, 3.05) is 24.5 Å². The lowest BCUT2D eigenvalue weighted by Gasteiger charge is -2.22. The van der Waals surface area contributed by atoms with E-state index in [4.69, 9.17) is 10.9 Å². The van der Waals surface area contributed by atoms with E-state index in [9.17, 15) is 18.5 Å². The van der Waals surface area contributed by atoms with Gasteiger partial charge in [0.15, 0.2) is 0 Å². The number of hydrogen-bond acceptors (Lipinski definition) is 6. The molecule has 0 atom stereocenters. The summed E-state index contributed by atoms with van der Waals surface area (Å²) in [5.74, 6) is 0. The molecular weight excluding hydrogens is 272 g/mol. The highest BCUT2D eigenvalue weighted by molar-refractivity contribution is 7.89. The third-order valence-corrected chi connectivity index (χ3v) is 3.50. The summed E-state index contributed by atoms with van der Waals surface area (Å²) < 4.78 is 22.4. The zero-order chi connectivity index (χ0) is 14.6.